The Morgan fingerprint density at radius 3 is 2.93 bits per heavy atom. The molecule has 3 heterocycles. The number of nitrogens with one attached hydrogen (secondary N) is 1. The van der Waals surface area contributed by atoms with E-state index >= 15 is 0 Å². The summed E-state index contributed by atoms with van der Waals surface area (Å²) in [6.07, 6.45) is 4.97. The first-order chi connectivity index (χ1) is 13.7. The van der Waals surface area contributed by atoms with Crippen LogP contribution < -0.4 is 10.9 Å². The summed E-state index contributed by atoms with van der Waals surface area (Å²) in [4.78, 5) is 12.0. The summed E-state index contributed by atoms with van der Waals surface area (Å²) in [6.45, 7) is 0.571. The van der Waals surface area contributed by atoms with Crippen molar-refractivity contribution in [2.75, 3.05) is 5.32 Å². The Bertz CT molecular complexity index is 1180. The maximum Gasteiger partial charge on any atom is 0.336 e. The fourth-order valence-electron chi connectivity index (χ4n) is 3.47. The van der Waals surface area contributed by atoms with Gasteiger partial charge >= 0.3 is 5.63 Å². The van der Waals surface area contributed by atoms with Gasteiger partial charge in [-0.15, -0.1) is 10.2 Å². The molecule has 142 valence electrons. The first-order valence-corrected chi connectivity index (χ1v) is 10.9. The average Bonchev–Trinajstić information content (AvgIpc) is 3.44. The van der Waals surface area contributed by atoms with Crippen molar-refractivity contribution in [3.05, 3.63) is 69.5 Å². The Labute approximate surface area is 169 Å². The topological polar surface area (TPSA) is 81.2 Å². The highest BCUT2D eigenvalue weighted by atomic mass is 32.2. The lowest BCUT2D eigenvalue weighted by Gasteiger charge is -2.07. The molecule has 3 aromatic heterocycles. The van der Waals surface area contributed by atoms with Crippen LogP contribution in [0.5, 0.6) is 0 Å². The van der Waals surface area contributed by atoms with Crippen LogP contribution in [-0.4, -0.2) is 10.2 Å². The van der Waals surface area contributed by atoms with E-state index < -0.39 is 0 Å². The Morgan fingerprint density at radius 1 is 1.18 bits per heavy atom. The monoisotopic (exact) mass is 411 g/mol. The van der Waals surface area contributed by atoms with E-state index in [1.807, 2.05) is 18.2 Å². The molecule has 0 saturated carbocycles. The maximum absolute atomic E-state index is 12.0. The van der Waals surface area contributed by atoms with Gasteiger partial charge < -0.3 is 14.2 Å². The molecule has 1 aromatic carbocycles. The molecule has 0 saturated heterocycles. The number of fused-ring (bicyclic) bond motifs is 2. The van der Waals surface area contributed by atoms with Crippen molar-refractivity contribution in [1.29, 1.82) is 0 Å². The third-order valence-corrected chi connectivity index (χ3v) is 6.86. The molecule has 1 aliphatic rings. The van der Waals surface area contributed by atoms with Crippen molar-refractivity contribution < 1.29 is 8.83 Å². The summed E-state index contributed by atoms with van der Waals surface area (Å²) in [7, 11) is 0. The zero-order valence-electron chi connectivity index (χ0n) is 14.9. The standard InChI is InChI=1S/C20H17N3O3S2/c24-18-9-14(16-7-12-3-1-4-13(12)8-17(16)26-18)11-27-20-23-22-19(28-20)21-10-15-5-2-6-25-15/h2,5-9H,1,3-4,10-11H2,(H,21,22). The molecule has 0 fully saturated rings. The number of nitrogens with zero attached hydrogens (tertiary/aromatic N) is 2. The van der Waals surface area contributed by atoms with E-state index in [1.54, 1.807) is 24.1 Å². The van der Waals surface area contributed by atoms with Crippen LogP contribution >= 0.6 is 23.1 Å². The van der Waals surface area contributed by atoms with E-state index in [2.05, 4.69) is 21.6 Å². The minimum atomic E-state index is -0.306. The fourth-order valence-corrected chi connectivity index (χ4v) is 5.21. The Kier molecular flexibility index (Phi) is 4.66. The molecule has 6 nitrogen and oxygen atoms in total. The highest BCUT2D eigenvalue weighted by molar-refractivity contribution is 8.00. The van der Waals surface area contributed by atoms with Crippen LogP contribution in [0.1, 0.15) is 28.9 Å². The van der Waals surface area contributed by atoms with E-state index in [1.165, 1.54) is 28.9 Å². The van der Waals surface area contributed by atoms with E-state index in [4.69, 9.17) is 8.83 Å². The SMILES string of the molecule is O=c1cc(CSc2nnc(NCc3ccco3)s2)c2cc3c(cc2o1)CCC3. The molecule has 8 heteroatoms. The van der Waals surface area contributed by atoms with Gasteiger partial charge in [0.25, 0.3) is 0 Å². The summed E-state index contributed by atoms with van der Waals surface area (Å²) >= 11 is 3.07. The summed E-state index contributed by atoms with van der Waals surface area (Å²) in [5.74, 6) is 1.49. The predicted molar refractivity (Wildman–Crippen MR) is 110 cm³/mol. The van der Waals surface area contributed by atoms with Crippen molar-refractivity contribution in [2.24, 2.45) is 0 Å². The molecule has 0 radical (unpaired) electrons. The number of furan rings is 1. The zero-order valence-corrected chi connectivity index (χ0v) is 16.6. The molecular weight excluding hydrogens is 394 g/mol. The van der Waals surface area contributed by atoms with Crippen molar-refractivity contribution >= 4 is 39.2 Å². The summed E-state index contributed by atoms with van der Waals surface area (Å²) in [5, 5.41) is 13.4. The second-order valence-electron chi connectivity index (χ2n) is 6.66. The normalized spacial score (nSPS) is 13.1. The number of aryl methyl sites for hydroxylation is 2. The van der Waals surface area contributed by atoms with Gasteiger partial charge in [-0.05, 0) is 60.2 Å². The number of hydrogen-bond acceptors (Lipinski definition) is 8. The van der Waals surface area contributed by atoms with Gasteiger partial charge in [0.1, 0.15) is 11.3 Å². The Morgan fingerprint density at radius 2 is 2.07 bits per heavy atom. The van der Waals surface area contributed by atoms with Gasteiger partial charge in [-0.25, -0.2) is 4.79 Å². The van der Waals surface area contributed by atoms with Crippen LogP contribution in [0.25, 0.3) is 11.0 Å². The van der Waals surface area contributed by atoms with Crippen molar-refractivity contribution in [3.8, 4) is 0 Å². The molecule has 1 aliphatic carbocycles. The van der Waals surface area contributed by atoms with Crippen molar-refractivity contribution in [2.45, 2.75) is 35.9 Å². The van der Waals surface area contributed by atoms with E-state index in [9.17, 15) is 4.79 Å². The molecule has 4 aromatic rings. The Balaban J connectivity index is 1.33. The lowest BCUT2D eigenvalue weighted by molar-refractivity contribution is 0.518. The van der Waals surface area contributed by atoms with E-state index in [-0.39, 0.29) is 5.63 Å². The zero-order chi connectivity index (χ0) is 18.9. The van der Waals surface area contributed by atoms with Gasteiger partial charge in [0.15, 0.2) is 4.34 Å². The second-order valence-corrected chi connectivity index (χ2v) is 8.86. The number of anilines is 1. The van der Waals surface area contributed by atoms with Gasteiger partial charge in [0.05, 0.1) is 12.8 Å². The third kappa shape index (κ3) is 3.57. The van der Waals surface area contributed by atoms with Crippen molar-refractivity contribution in [1.82, 2.24) is 10.2 Å². The quantitative estimate of drug-likeness (QED) is 0.366. The highest BCUT2D eigenvalue weighted by Gasteiger charge is 2.16. The van der Waals surface area contributed by atoms with Crippen LogP contribution in [0, 0.1) is 0 Å². The highest BCUT2D eigenvalue weighted by Crippen LogP contribution is 2.33. The number of aromatic nitrogens is 2. The molecule has 0 unspecified atom stereocenters. The number of benzene rings is 1. The van der Waals surface area contributed by atoms with Gasteiger partial charge in [-0.1, -0.05) is 23.1 Å². The molecule has 0 amide bonds. The molecule has 0 atom stereocenters. The Hall–Kier alpha value is -2.58. The lowest BCUT2D eigenvalue weighted by Crippen LogP contribution is -2.00. The van der Waals surface area contributed by atoms with Gasteiger partial charge in [-0.3, -0.25) is 0 Å². The largest absolute Gasteiger partial charge is 0.467 e. The first-order valence-electron chi connectivity index (χ1n) is 9.06. The van der Waals surface area contributed by atoms with Gasteiger partial charge in [0, 0.05) is 17.2 Å². The molecule has 1 N–H and O–H groups in total. The third-order valence-electron chi connectivity index (χ3n) is 4.79. The van der Waals surface area contributed by atoms with Gasteiger partial charge in [-0.2, -0.15) is 0 Å². The van der Waals surface area contributed by atoms with E-state index in [0.29, 0.717) is 17.9 Å². The molecule has 0 aliphatic heterocycles. The van der Waals surface area contributed by atoms with Crippen LogP contribution in [0.2, 0.25) is 0 Å². The van der Waals surface area contributed by atoms with Crippen molar-refractivity contribution in [3.63, 3.8) is 0 Å². The minimum Gasteiger partial charge on any atom is -0.467 e. The number of rotatable bonds is 6. The van der Waals surface area contributed by atoms with Gasteiger partial charge in [0.2, 0.25) is 5.13 Å². The molecule has 5 rings (SSSR count). The average molecular weight is 412 g/mol. The summed E-state index contributed by atoms with van der Waals surface area (Å²) < 4.78 is 11.6. The number of hydrogen-bond donors (Lipinski definition) is 1. The lowest BCUT2D eigenvalue weighted by atomic mass is 10.0. The smallest absolute Gasteiger partial charge is 0.336 e. The van der Waals surface area contributed by atoms with Crippen LogP contribution in [0.4, 0.5) is 5.13 Å². The number of thioether (sulfide) groups is 1. The molecule has 0 bridgehead atoms. The maximum atomic E-state index is 12.0. The fraction of sp³-hybridized carbons (Fsp3) is 0.250. The van der Waals surface area contributed by atoms with Crippen LogP contribution in [0.3, 0.4) is 0 Å². The van der Waals surface area contributed by atoms with E-state index in [0.717, 1.165) is 39.0 Å². The minimum absolute atomic E-state index is 0.306. The van der Waals surface area contributed by atoms with Crippen LogP contribution in [-0.2, 0) is 25.1 Å². The predicted octanol–water partition coefficient (Wildman–Crippen LogP) is 4.63. The second kappa shape index (κ2) is 7.44. The molecule has 0 spiro atoms. The molecular formula is C20H17N3O3S2. The van der Waals surface area contributed by atoms with Crippen LogP contribution in [0.15, 0.2) is 54.6 Å². The summed E-state index contributed by atoms with van der Waals surface area (Å²) in [6, 6.07) is 9.58. The molecule has 28 heavy (non-hydrogen) atoms. The summed E-state index contributed by atoms with van der Waals surface area (Å²) in [5.41, 5.74) is 4.02. The first kappa shape index (κ1) is 17.5.